The second kappa shape index (κ2) is 8.13. The second-order valence-electron chi connectivity index (χ2n) is 5.45. The van der Waals surface area contributed by atoms with Crippen LogP contribution in [-0.4, -0.2) is 24.8 Å². The van der Waals surface area contributed by atoms with Crippen molar-refractivity contribution in [2.24, 2.45) is 0 Å². The van der Waals surface area contributed by atoms with E-state index in [0.29, 0.717) is 6.42 Å². The fourth-order valence-corrected chi connectivity index (χ4v) is 2.32. The zero-order chi connectivity index (χ0) is 16.7. The summed E-state index contributed by atoms with van der Waals surface area (Å²) in [5.41, 5.74) is 1.91. The molecule has 1 atom stereocenters. The smallest absolute Gasteiger partial charge is 0.225 e. The first-order valence-electron chi connectivity index (χ1n) is 7.55. The molecule has 0 aliphatic carbocycles. The van der Waals surface area contributed by atoms with Crippen molar-refractivity contribution in [1.82, 2.24) is 5.32 Å². The van der Waals surface area contributed by atoms with Crippen molar-refractivity contribution in [2.75, 3.05) is 7.11 Å². The quantitative estimate of drug-likeness (QED) is 0.855. The highest BCUT2D eigenvalue weighted by Crippen LogP contribution is 2.12. The predicted octanol–water partition coefficient (Wildman–Crippen LogP) is 2.55. The molecule has 2 aromatic rings. The van der Waals surface area contributed by atoms with Crippen molar-refractivity contribution in [3.63, 3.8) is 0 Å². The molecule has 1 N–H and O–H groups in total. The van der Waals surface area contributed by atoms with Gasteiger partial charge in [0, 0.05) is 0 Å². The number of hydrogen-bond acceptors (Lipinski definition) is 3. The highest BCUT2D eigenvalue weighted by Gasteiger charge is 2.17. The highest BCUT2D eigenvalue weighted by molar-refractivity contribution is 5.88. The van der Waals surface area contributed by atoms with Crippen LogP contribution in [0.5, 0.6) is 5.75 Å². The van der Waals surface area contributed by atoms with Crippen molar-refractivity contribution in [3.8, 4) is 5.75 Å². The molecule has 0 radical (unpaired) electrons. The Kier molecular flexibility index (Phi) is 5.92. The van der Waals surface area contributed by atoms with Gasteiger partial charge >= 0.3 is 0 Å². The molecule has 4 nitrogen and oxygen atoms in total. The normalized spacial score (nSPS) is 11.6. The first-order valence-corrected chi connectivity index (χ1v) is 7.55. The summed E-state index contributed by atoms with van der Waals surface area (Å²) >= 11 is 0. The summed E-state index contributed by atoms with van der Waals surface area (Å²) in [6.45, 7) is 1.50. The fourth-order valence-electron chi connectivity index (χ4n) is 2.32. The summed E-state index contributed by atoms with van der Waals surface area (Å²) in [6.07, 6.45) is 0.743. The minimum absolute atomic E-state index is 0.0445. The average Bonchev–Trinajstić information content (AvgIpc) is 2.56. The zero-order valence-corrected chi connectivity index (χ0v) is 13.4. The number of methoxy groups -OCH3 is 1. The predicted molar refractivity (Wildman–Crippen MR) is 89.5 cm³/mol. The monoisotopic (exact) mass is 311 g/mol. The van der Waals surface area contributed by atoms with E-state index < -0.39 is 6.04 Å². The van der Waals surface area contributed by atoms with Crippen LogP contribution >= 0.6 is 0 Å². The zero-order valence-electron chi connectivity index (χ0n) is 13.4. The lowest BCUT2D eigenvalue weighted by molar-refractivity contribution is -0.126. The maximum absolute atomic E-state index is 12.2. The van der Waals surface area contributed by atoms with E-state index in [1.807, 2.05) is 54.6 Å². The van der Waals surface area contributed by atoms with Gasteiger partial charge in [0.25, 0.3) is 0 Å². The molecule has 0 fully saturated rings. The standard InChI is InChI=1S/C19H21NO3/c1-14(21)18(12-15-6-4-3-5-7-15)20-19(22)13-16-8-10-17(23-2)11-9-16/h3-11,18H,12-13H2,1-2H3,(H,20,22). The number of ether oxygens (including phenoxy) is 1. The van der Waals surface area contributed by atoms with Gasteiger partial charge in [-0.05, 0) is 36.6 Å². The van der Waals surface area contributed by atoms with E-state index in [4.69, 9.17) is 4.74 Å². The Morgan fingerprint density at radius 2 is 1.65 bits per heavy atom. The minimum atomic E-state index is -0.497. The van der Waals surface area contributed by atoms with Gasteiger partial charge < -0.3 is 10.1 Å². The lowest BCUT2D eigenvalue weighted by Gasteiger charge is -2.16. The van der Waals surface area contributed by atoms with Crippen LogP contribution in [0.4, 0.5) is 0 Å². The number of carbonyl (C=O) groups excluding carboxylic acids is 2. The molecule has 0 aliphatic rings. The van der Waals surface area contributed by atoms with Crippen LogP contribution in [0.25, 0.3) is 0 Å². The maximum Gasteiger partial charge on any atom is 0.225 e. The largest absolute Gasteiger partial charge is 0.497 e. The van der Waals surface area contributed by atoms with Crippen LogP contribution in [0.15, 0.2) is 54.6 Å². The van der Waals surface area contributed by atoms with Gasteiger partial charge in [-0.3, -0.25) is 9.59 Å². The molecule has 120 valence electrons. The summed E-state index contributed by atoms with van der Waals surface area (Å²) < 4.78 is 5.09. The molecular formula is C19H21NO3. The SMILES string of the molecule is COc1ccc(CC(=O)NC(Cc2ccccc2)C(C)=O)cc1. The molecule has 2 aromatic carbocycles. The van der Waals surface area contributed by atoms with E-state index in [1.165, 1.54) is 6.92 Å². The number of amides is 1. The van der Waals surface area contributed by atoms with Gasteiger partial charge in [0.2, 0.25) is 5.91 Å². The number of Topliss-reactive ketones (excluding diaryl/α,β-unsaturated/α-hetero) is 1. The van der Waals surface area contributed by atoms with Crippen LogP contribution in [0.1, 0.15) is 18.1 Å². The molecule has 0 bridgehead atoms. The summed E-state index contributed by atoms with van der Waals surface area (Å²) in [6, 6.07) is 16.5. The molecule has 23 heavy (non-hydrogen) atoms. The molecule has 0 spiro atoms. The third-order valence-corrected chi connectivity index (χ3v) is 3.63. The first-order chi connectivity index (χ1) is 11.1. The van der Waals surface area contributed by atoms with Crippen molar-refractivity contribution >= 4 is 11.7 Å². The third-order valence-electron chi connectivity index (χ3n) is 3.63. The number of ketones is 1. The number of hydrogen-bond donors (Lipinski definition) is 1. The second-order valence-corrected chi connectivity index (χ2v) is 5.45. The van der Waals surface area contributed by atoms with E-state index in [-0.39, 0.29) is 18.1 Å². The topological polar surface area (TPSA) is 55.4 Å². The van der Waals surface area contributed by atoms with Gasteiger partial charge in [0.05, 0.1) is 19.6 Å². The Morgan fingerprint density at radius 3 is 2.22 bits per heavy atom. The number of benzene rings is 2. The average molecular weight is 311 g/mol. The highest BCUT2D eigenvalue weighted by atomic mass is 16.5. The van der Waals surface area contributed by atoms with E-state index in [0.717, 1.165) is 16.9 Å². The van der Waals surface area contributed by atoms with E-state index in [1.54, 1.807) is 7.11 Å². The van der Waals surface area contributed by atoms with Crippen LogP contribution in [0.3, 0.4) is 0 Å². The molecule has 1 unspecified atom stereocenters. The summed E-state index contributed by atoms with van der Waals surface area (Å²) in [5, 5.41) is 2.82. The van der Waals surface area contributed by atoms with Gasteiger partial charge in [-0.2, -0.15) is 0 Å². The maximum atomic E-state index is 12.2. The number of carbonyl (C=O) groups is 2. The Balaban J connectivity index is 1.96. The Morgan fingerprint density at radius 1 is 1.00 bits per heavy atom. The summed E-state index contributed by atoms with van der Waals surface area (Å²) in [7, 11) is 1.60. The number of rotatable bonds is 7. The molecule has 1 amide bonds. The van der Waals surface area contributed by atoms with E-state index in [9.17, 15) is 9.59 Å². The van der Waals surface area contributed by atoms with Crippen molar-refractivity contribution in [2.45, 2.75) is 25.8 Å². The molecular weight excluding hydrogens is 290 g/mol. The van der Waals surface area contributed by atoms with E-state index in [2.05, 4.69) is 5.32 Å². The Bertz CT molecular complexity index is 650. The van der Waals surface area contributed by atoms with Gasteiger partial charge in [-0.15, -0.1) is 0 Å². The molecule has 4 heteroatoms. The molecule has 0 saturated carbocycles. The summed E-state index contributed by atoms with van der Waals surface area (Å²) in [5.74, 6) is 0.545. The molecule has 0 aromatic heterocycles. The lowest BCUT2D eigenvalue weighted by Crippen LogP contribution is -2.42. The Labute approximate surface area is 136 Å². The van der Waals surface area contributed by atoms with Crippen LogP contribution < -0.4 is 10.1 Å². The lowest BCUT2D eigenvalue weighted by atomic mass is 10.0. The van der Waals surface area contributed by atoms with Crippen LogP contribution in [-0.2, 0) is 22.4 Å². The first kappa shape index (κ1) is 16.7. The molecule has 2 rings (SSSR count). The minimum Gasteiger partial charge on any atom is -0.497 e. The van der Waals surface area contributed by atoms with Gasteiger partial charge in [-0.1, -0.05) is 42.5 Å². The fraction of sp³-hybridized carbons (Fsp3) is 0.263. The summed E-state index contributed by atoms with van der Waals surface area (Å²) in [4.78, 5) is 24.0. The Hall–Kier alpha value is -2.62. The van der Waals surface area contributed by atoms with E-state index >= 15 is 0 Å². The third kappa shape index (κ3) is 5.25. The molecule has 0 saturated heterocycles. The van der Waals surface area contributed by atoms with Gasteiger partial charge in [0.15, 0.2) is 5.78 Å². The molecule has 0 aliphatic heterocycles. The van der Waals surface area contributed by atoms with Gasteiger partial charge in [0.1, 0.15) is 5.75 Å². The number of nitrogens with one attached hydrogen (secondary N) is 1. The van der Waals surface area contributed by atoms with Crippen molar-refractivity contribution in [3.05, 3.63) is 65.7 Å². The molecule has 0 heterocycles. The van der Waals surface area contributed by atoms with Crippen molar-refractivity contribution in [1.29, 1.82) is 0 Å². The van der Waals surface area contributed by atoms with Gasteiger partial charge in [-0.25, -0.2) is 0 Å². The van der Waals surface area contributed by atoms with Crippen molar-refractivity contribution < 1.29 is 14.3 Å². The van der Waals surface area contributed by atoms with Crippen LogP contribution in [0, 0.1) is 0 Å². The van der Waals surface area contributed by atoms with Crippen LogP contribution in [0.2, 0.25) is 0 Å².